The minimum absolute atomic E-state index is 0.229. The van der Waals surface area contributed by atoms with E-state index < -0.39 is 0 Å². The normalized spacial score (nSPS) is 10.2. The van der Waals surface area contributed by atoms with Crippen molar-refractivity contribution in [2.24, 2.45) is 0 Å². The third-order valence-electron chi connectivity index (χ3n) is 2.14. The fraction of sp³-hybridized carbons (Fsp3) is 0. The van der Waals surface area contributed by atoms with Crippen LogP contribution in [0.4, 0.5) is 5.82 Å². The molecule has 0 bridgehead atoms. The van der Waals surface area contributed by atoms with E-state index in [1.54, 1.807) is 36.5 Å². The molecule has 1 aromatic heterocycles. The van der Waals surface area contributed by atoms with E-state index in [2.05, 4.69) is 48.8 Å². The molecule has 0 aliphatic heterocycles. The minimum atomic E-state index is -0.229. The largest absolute Gasteiger partial charge is 0.306 e. The lowest BCUT2D eigenvalue weighted by Gasteiger charge is -2.06. The Morgan fingerprint density at radius 2 is 2.11 bits per heavy atom. The van der Waals surface area contributed by atoms with Crippen LogP contribution >= 0.6 is 50.1 Å². The van der Waals surface area contributed by atoms with Gasteiger partial charge in [-0.05, 0) is 52.9 Å². The first-order chi connectivity index (χ1) is 8.56. The predicted molar refractivity (Wildman–Crippen MR) is 84.1 cm³/mol. The Hall–Kier alpha value is -0.660. The zero-order valence-electron chi connectivity index (χ0n) is 8.95. The van der Waals surface area contributed by atoms with E-state index >= 15 is 0 Å². The fourth-order valence-corrected chi connectivity index (χ4v) is 2.42. The van der Waals surface area contributed by atoms with Crippen LogP contribution in [0.25, 0.3) is 0 Å². The van der Waals surface area contributed by atoms with Crippen molar-refractivity contribution in [3.05, 3.63) is 55.2 Å². The van der Waals surface area contributed by atoms with Crippen molar-refractivity contribution in [2.75, 3.05) is 5.32 Å². The molecular weight excluding hydrogens is 430 g/mol. The SMILES string of the molecule is O=C(Nc1cc(Br)ccn1)c1cc(Cl)ccc1I. The second-order valence-electron chi connectivity index (χ2n) is 3.44. The van der Waals surface area contributed by atoms with Crippen LogP contribution < -0.4 is 5.32 Å². The summed E-state index contributed by atoms with van der Waals surface area (Å²) in [4.78, 5) is 16.1. The standard InChI is InChI=1S/C12H7BrClIN2O/c13-7-3-4-16-11(5-7)17-12(18)9-6-8(14)1-2-10(9)15/h1-6H,(H,16,17,18). The maximum Gasteiger partial charge on any atom is 0.257 e. The lowest BCUT2D eigenvalue weighted by atomic mass is 10.2. The quantitative estimate of drug-likeness (QED) is 0.710. The monoisotopic (exact) mass is 436 g/mol. The number of aromatic nitrogens is 1. The number of hydrogen-bond donors (Lipinski definition) is 1. The topological polar surface area (TPSA) is 42.0 Å². The second kappa shape index (κ2) is 5.99. The molecule has 1 heterocycles. The van der Waals surface area contributed by atoms with E-state index in [1.165, 1.54) is 0 Å². The summed E-state index contributed by atoms with van der Waals surface area (Å²) in [6.07, 6.45) is 1.61. The second-order valence-corrected chi connectivity index (χ2v) is 5.95. The molecule has 0 aliphatic carbocycles. The highest BCUT2D eigenvalue weighted by Gasteiger charge is 2.11. The smallest absolute Gasteiger partial charge is 0.257 e. The first-order valence-corrected chi connectivity index (χ1v) is 7.19. The van der Waals surface area contributed by atoms with Crippen LogP contribution in [0.5, 0.6) is 0 Å². The van der Waals surface area contributed by atoms with E-state index in [1.807, 2.05) is 0 Å². The molecule has 3 nitrogen and oxygen atoms in total. The van der Waals surface area contributed by atoms with Gasteiger partial charge in [0, 0.05) is 19.3 Å². The Labute approximate surface area is 131 Å². The number of nitrogens with zero attached hydrogens (tertiary/aromatic N) is 1. The van der Waals surface area contributed by atoms with Crippen LogP contribution in [0.15, 0.2) is 41.0 Å². The summed E-state index contributed by atoms with van der Waals surface area (Å²) >= 11 is 11.3. The third-order valence-corrected chi connectivity index (χ3v) is 3.81. The van der Waals surface area contributed by atoms with E-state index in [0.717, 1.165) is 8.04 Å². The number of hydrogen-bond acceptors (Lipinski definition) is 2. The van der Waals surface area contributed by atoms with Gasteiger partial charge in [-0.25, -0.2) is 4.98 Å². The van der Waals surface area contributed by atoms with Crippen molar-refractivity contribution in [1.82, 2.24) is 4.98 Å². The van der Waals surface area contributed by atoms with Gasteiger partial charge < -0.3 is 5.32 Å². The van der Waals surface area contributed by atoms with Crippen LogP contribution in [-0.4, -0.2) is 10.9 Å². The first kappa shape index (κ1) is 13.8. The number of benzene rings is 1. The fourth-order valence-electron chi connectivity index (χ4n) is 1.33. The van der Waals surface area contributed by atoms with Crippen molar-refractivity contribution in [2.45, 2.75) is 0 Å². The Morgan fingerprint density at radius 3 is 2.83 bits per heavy atom. The molecule has 92 valence electrons. The Kier molecular flexibility index (Phi) is 4.58. The molecule has 1 N–H and O–H groups in total. The van der Waals surface area contributed by atoms with Crippen molar-refractivity contribution < 1.29 is 4.79 Å². The Bertz CT molecular complexity index is 606. The maximum absolute atomic E-state index is 12.1. The van der Waals surface area contributed by atoms with Gasteiger partial charge in [0.1, 0.15) is 5.82 Å². The molecule has 0 atom stereocenters. The predicted octanol–water partition coefficient (Wildman–Crippen LogP) is 4.35. The highest BCUT2D eigenvalue weighted by molar-refractivity contribution is 14.1. The molecule has 0 fully saturated rings. The number of anilines is 1. The van der Waals surface area contributed by atoms with Gasteiger partial charge >= 0.3 is 0 Å². The summed E-state index contributed by atoms with van der Waals surface area (Å²) in [6, 6.07) is 8.70. The summed E-state index contributed by atoms with van der Waals surface area (Å²) in [5.41, 5.74) is 0.532. The van der Waals surface area contributed by atoms with Crippen LogP contribution in [0.1, 0.15) is 10.4 Å². The number of carbonyl (C=O) groups excluding carboxylic acids is 1. The van der Waals surface area contributed by atoms with Gasteiger partial charge in [-0.3, -0.25) is 4.79 Å². The lowest BCUT2D eigenvalue weighted by Crippen LogP contribution is -2.14. The van der Waals surface area contributed by atoms with Crippen molar-refractivity contribution in [3.63, 3.8) is 0 Å². The molecule has 1 aromatic carbocycles. The van der Waals surface area contributed by atoms with Crippen LogP contribution in [-0.2, 0) is 0 Å². The van der Waals surface area contributed by atoms with E-state index in [0.29, 0.717) is 16.4 Å². The van der Waals surface area contributed by atoms with Crippen molar-refractivity contribution in [3.8, 4) is 0 Å². The van der Waals surface area contributed by atoms with Crippen molar-refractivity contribution >= 4 is 61.8 Å². The summed E-state index contributed by atoms with van der Waals surface area (Å²) in [5, 5.41) is 3.25. The van der Waals surface area contributed by atoms with Gasteiger partial charge in [-0.15, -0.1) is 0 Å². The van der Waals surface area contributed by atoms with Gasteiger partial charge in [0.15, 0.2) is 0 Å². The van der Waals surface area contributed by atoms with Crippen molar-refractivity contribution in [1.29, 1.82) is 0 Å². The minimum Gasteiger partial charge on any atom is -0.306 e. The summed E-state index contributed by atoms with van der Waals surface area (Å²) in [6.45, 7) is 0. The molecule has 18 heavy (non-hydrogen) atoms. The number of halogens is 3. The molecular formula is C12H7BrClIN2O. The molecule has 0 saturated carbocycles. The Morgan fingerprint density at radius 1 is 1.33 bits per heavy atom. The number of pyridine rings is 1. The maximum atomic E-state index is 12.1. The lowest BCUT2D eigenvalue weighted by molar-refractivity contribution is 0.102. The highest BCUT2D eigenvalue weighted by Crippen LogP contribution is 2.19. The average Bonchev–Trinajstić information content (AvgIpc) is 2.32. The Balaban J connectivity index is 2.24. The number of carbonyl (C=O) groups is 1. The summed E-state index contributed by atoms with van der Waals surface area (Å²) in [7, 11) is 0. The van der Waals surface area contributed by atoms with Gasteiger partial charge in [0.25, 0.3) is 5.91 Å². The van der Waals surface area contributed by atoms with Gasteiger partial charge in [0.2, 0.25) is 0 Å². The van der Waals surface area contributed by atoms with Gasteiger partial charge in [0.05, 0.1) is 5.56 Å². The zero-order valence-corrected chi connectivity index (χ0v) is 13.5. The molecule has 0 unspecified atom stereocenters. The molecule has 0 aliphatic rings. The molecule has 1 amide bonds. The molecule has 0 spiro atoms. The van der Waals surface area contributed by atoms with Crippen LogP contribution in [0.2, 0.25) is 5.02 Å². The number of rotatable bonds is 2. The van der Waals surface area contributed by atoms with E-state index in [9.17, 15) is 4.79 Å². The van der Waals surface area contributed by atoms with Crippen LogP contribution in [0.3, 0.4) is 0 Å². The first-order valence-electron chi connectivity index (χ1n) is 4.94. The zero-order chi connectivity index (χ0) is 13.1. The average molecular weight is 437 g/mol. The van der Waals surface area contributed by atoms with E-state index in [4.69, 9.17) is 11.6 Å². The highest BCUT2D eigenvalue weighted by atomic mass is 127. The van der Waals surface area contributed by atoms with E-state index in [-0.39, 0.29) is 5.91 Å². The molecule has 2 rings (SSSR count). The number of nitrogens with one attached hydrogen (secondary N) is 1. The van der Waals surface area contributed by atoms with Crippen LogP contribution in [0, 0.1) is 3.57 Å². The summed E-state index contributed by atoms with van der Waals surface area (Å²) in [5.74, 6) is 0.262. The summed E-state index contributed by atoms with van der Waals surface area (Å²) < 4.78 is 1.69. The molecule has 0 radical (unpaired) electrons. The molecule has 2 aromatic rings. The number of amides is 1. The molecule has 6 heteroatoms. The third kappa shape index (κ3) is 3.43. The molecule has 0 saturated heterocycles. The van der Waals surface area contributed by atoms with Gasteiger partial charge in [-0.1, -0.05) is 27.5 Å². The van der Waals surface area contributed by atoms with Gasteiger partial charge in [-0.2, -0.15) is 0 Å².